The maximum absolute atomic E-state index is 12.6. The number of aryl methyl sites for hydroxylation is 2. The fraction of sp³-hybridized carbons (Fsp3) is 0.136. The summed E-state index contributed by atoms with van der Waals surface area (Å²) in [5.41, 5.74) is 3.65. The number of rotatable bonds is 6. The van der Waals surface area contributed by atoms with Crippen molar-refractivity contribution < 1.29 is 17.3 Å². The van der Waals surface area contributed by atoms with E-state index < -0.39 is 10.1 Å². The molecule has 0 aliphatic heterocycles. The largest absolute Gasteiger partial charge is 0.493 e. The minimum absolute atomic E-state index is 0.0505. The first-order valence-electron chi connectivity index (χ1n) is 8.88. The zero-order valence-corrected chi connectivity index (χ0v) is 18.8. The minimum Gasteiger partial charge on any atom is -0.493 e. The molecule has 0 unspecified atom stereocenters. The van der Waals surface area contributed by atoms with E-state index in [-0.39, 0.29) is 21.4 Å². The molecular formula is C22H19Cl2NO4S. The highest BCUT2D eigenvalue weighted by Crippen LogP contribution is 2.38. The standard InChI is InChI=1S/C22H19Cl2NO4S/c1-14-4-9-20(15(2)10-14)25-13-16-11-19(24)22(21(12-16)28-3)29-30(26,27)18-7-5-17(23)6-8-18/h4-13H,1-3H3. The number of halogens is 2. The Morgan fingerprint density at radius 1 is 0.967 bits per heavy atom. The maximum Gasteiger partial charge on any atom is 0.339 e. The zero-order chi connectivity index (χ0) is 21.9. The van der Waals surface area contributed by atoms with Crippen molar-refractivity contribution in [2.24, 2.45) is 4.99 Å². The van der Waals surface area contributed by atoms with E-state index >= 15 is 0 Å². The summed E-state index contributed by atoms with van der Waals surface area (Å²) < 4.78 is 35.7. The van der Waals surface area contributed by atoms with Gasteiger partial charge in [-0.05, 0) is 67.4 Å². The van der Waals surface area contributed by atoms with Crippen LogP contribution < -0.4 is 8.92 Å². The average Bonchev–Trinajstić information content (AvgIpc) is 2.69. The molecule has 3 rings (SSSR count). The van der Waals surface area contributed by atoms with Gasteiger partial charge in [-0.2, -0.15) is 8.42 Å². The first kappa shape index (κ1) is 22.2. The van der Waals surface area contributed by atoms with Crippen LogP contribution in [0.4, 0.5) is 5.69 Å². The van der Waals surface area contributed by atoms with Crippen molar-refractivity contribution in [2.75, 3.05) is 7.11 Å². The molecule has 0 atom stereocenters. The second-order valence-electron chi connectivity index (χ2n) is 6.57. The van der Waals surface area contributed by atoms with E-state index in [1.54, 1.807) is 18.3 Å². The molecule has 5 nitrogen and oxygen atoms in total. The molecule has 8 heteroatoms. The van der Waals surface area contributed by atoms with Crippen molar-refractivity contribution in [3.05, 3.63) is 81.3 Å². The summed E-state index contributed by atoms with van der Waals surface area (Å²) in [6.45, 7) is 3.99. The van der Waals surface area contributed by atoms with Gasteiger partial charge in [0.15, 0.2) is 5.75 Å². The Morgan fingerprint density at radius 3 is 2.30 bits per heavy atom. The average molecular weight is 464 g/mol. The highest BCUT2D eigenvalue weighted by atomic mass is 35.5. The van der Waals surface area contributed by atoms with Crippen LogP contribution >= 0.6 is 23.2 Å². The van der Waals surface area contributed by atoms with Crippen LogP contribution in [0.3, 0.4) is 0 Å². The van der Waals surface area contributed by atoms with Crippen molar-refractivity contribution in [2.45, 2.75) is 18.7 Å². The number of hydrogen-bond acceptors (Lipinski definition) is 5. The van der Waals surface area contributed by atoms with E-state index in [1.807, 2.05) is 32.0 Å². The third-order valence-electron chi connectivity index (χ3n) is 4.25. The predicted molar refractivity (Wildman–Crippen MR) is 120 cm³/mol. The Labute approximate surface area is 186 Å². The number of nitrogens with zero attached hydrogens (tertiary/aromatic N) is 1. The molecule has 0 radical (unpaired) electrons. The lowest BCUT2D eigenvalue weighted by atomic mass is 10.1. The Morgan fingerprint density at radius 2 is 1.67 bits per heavy atom. The Bertz CT molecular complexity index is 1210. The molecule has 0 heterocycles. The van der Waals surface area contributed by atoms with Gasteiger partial charge in [0.05, 0.1) is 17.8 Å². The monoisotopic (exact) mass is 463 g/mol. The van der Waals surface area contributed by atoms with Crippen LogP contribution in [0.15, 0.2) is 64.5 Å². The molecule has 156 valence electrons. The molecule has 0 spiro atoms. The van der Waals surface area contributed by atoms with Crippen LogP contribution in [0.25, 0.3) is 0 Å². The van der Waals surface area contributed by atoms with Crippen molar-refractivity contribution in [1.82, 2.24) is 0 Å². The molecule has 0 aliphatic carbocycles. The smallest absolute Gasteiger partial charge is 0.339 e. The molecular weight excluding hydrogens is 445 g/mol. The van der Waals surface area contributed by atoms with E-state index in [0.29, 0.717) is 10.6 Å². The second kappa shape index (κ2) is 9.08. The number of aliphatic imine (C=N–C) groups is 1. The van der Waals surface area contributed by atoms with Crippen LogP contribution in [0.1, 0.15) is 16.7 Å². The van der Waals surface area contributed by atoms with Crippen LogP contribution in [-0.2, 0) is 10.1 Å². The highest BCUT2D eigenvalue weighted by Gasteiger charge is 2.22. The summed E-state index contributed by atoms with van der Waals surface area (Å²) in [5.74, 6) is 0.0694. The summed E-state index contributed by atoms with van der Waals surface area (Å²) in [4.78, 5) is 4.43. The normalized spacial score (nSPS) is 11.6. The SMILES string of the molecule is COc1cc(C=Nc2ccc(C)cc2C)cc(Cl)c1OS(=O)(=O)c1ccc(Cl)cc1. The molecule has 0 N–H and O–H groups in total. The van der Waals surface area contributed by atoms with Gasteiger partial charge in [0, 0.05) is 11.2 Å². The summed E-state index contributed by atoms with van der Waals surface area (Å²) in [5, 5.41) is 0.492. The van der Waals surface area contributed by atoms with E-state index in [0.717, 1.165) is 16.8 Å². The van der Waals surface area contributed by atoms with Gasteiger partial charge < -0.3 is 8.92 Å². The van der Waals surface area contributed by atoms with Crippen molar-refractivity contribution in [3.8, 4) is 11.5 Å². The van der Waals surface area contributed by atoms with Gasteiger partial charge in [-0.1, -0.05) is 40.9 Å². The first-order valence-corrected chi connectivity index (χ1v) is 11.0. The topological polar surface area (TPSA) is 65.0 Å². The molecule has 0 amide bonds. The van der Waals surface area contributed by atoms with E-state index in [4.69, 9.17) is 32.1 Å². The fourth-order valence-corrected chi connectivity index (χ4v) is 4.13. The Kier molecular flexibility index (Phi) is 6.71. The van der Waals surface area contributed by atoms with Gasteiger partial charge in [0.25, 0.3) is 0 Å². The minimum atomic E-state index is -4.12. The molecule has 3 aromatic carbocycles. The maximum atomic E-state index is 12.6. The third kappa shape index (κ3) is 5.14. The Hall–Kier alpha value is -2.54. The van der Waals surface area contributed by atoms with E-state index in [9.17, 15) is 8.42 Å². The predicted octanol–water partition coefficient (Wildman–Crippen LogP) is 6.14. The summed E-state index contributed by atoms with van der Waals surface area (Å²) in [6, 6.07) is 14.7. The van der Waals surface area contributed by atoms with Gasteiger partial charge in [0.2, 0.25) is 5.75 Å². The second-order valence-corrected chi connectivity index (χ2v) is 8.96. The van der Waals surface area contributed by atoms with Crippen molar-refractivity contribution in [3.63, 3.8) is 0 Å². The van der Waals surface area contributed by atoms with E-state index in [1.165, 1.54) is 31.4 Å². The lowest BCUT2D eigenvalue weighted by Crippen LogP contribution is -2.11. The Balaban J connectivity index is 1.92. The summed E-state index contributed by atoms with van der Waals surface area (Å²) in [6.07, 6.45) is 1.63. The zero-order valence-electron chi connectivity index (χ0n) is 16.5. The lowest BCUT2D eigenvalue weighted by Gasteiger charge is -2.13. The van der Waals surface area contributed by atoms with Gasteiger partial charge in [0.1, 0.15) is 4.90 Å². The van der Waals surface area contributed by atoms with Crippen LogP contribution in [0.5, 0.6) is 11.5 Å². The number of hydrogen-bond donors (Lipinski definition) is 0. The van der Waals surface area contributed by atoms with Crippen LogP contribution in [0, 0.1) is 13.8 Å². The van der Waals surface area contributed by atoms with Crippen LogP contribution in [0.2, 0.25) is 10.0 Å². The molecule has 0 saturated carbocycles. The van der Waals surface area contributed by atoms with Crippen molar-refractivity contribution >= 4 is 45.2 Å². The fourth-order valence-electron chi connectivity index (χ4n) is 2.75. The van der Waals surface area contributed by atoms with Gasteiger partial charge >= 0.3 is 10.1 Å². The first-order chi connectivity index (χ1) is 14.2. The van der Waals surface area contributed by atoms with Gasteiger partial charge in [-0.15, -0.1) is 0 Å². The molecule has 0 fully saturated rings. The number of benzene rings is 3. The third-order valence-corrected chi connectivity index (χ3v) is 6.02. The molecule has 3 aromatic rings. The molecule has 30 heavy (non-hydrogen) atoms. The van der Waals surface area contributed by atoms with Gasteiger partial charge in [-0.25, -0.2) is 0 Å². The van der Waals surface area contributed by atoms with Crippen molar-refractivity contribution in [1.29, 1.82) is 0 Å². The summed E-state index contributed by atoms with van der Waals surface area (Å²) >= 11 is 12.1. The quantitative estimate of drug-likeness (QED) is 0.325. The molecule has 0 aliphatic rings. The van der Waals surface area contributed by atoms with Crippen LogP contribution in [-0.4, -0.2) is 21.7 Å². The molecule has 0 saturated heterocycles. The number of methoxy groups -OCH3 is 1. The van der Waals surface area contributed by atoms with E-state index in [2.05, 4.69) is 4.99 Å². The highest BCUT2D eigenvalue weighted by molar-refractivity contribution is 7.87. The lowest BCUT2D eigenvalue weighted by molar-refractivity contribution is 0.390. The number of ether oxygens (including phenoxy) is 1. The summed E-state index contributed by atoms with van der Waals surface area (Å²) in [7, 11) is -2.72. The molecule has 0 bridgehead atoms. The van der Waals surface area contributed by atoms with Gasteiger partial charge in [-0.3, -0.25) is 4.99 Å². The molecule has 0 aromatic heterocycles.